The van der Waals surface area contributed by atoms with Crippen molar-refractivity contribution in [1.82, 2.24) is 14.4 Å². The molecule has 1 amide bonds. The predicted molar refractivity (Wildman–Crippen MR) is 198 cm³/mol. The second kappa shape index (κ2) is 16.7. The first kappa shape index (κ1) is 18.2. The molecule has 53 heavy (non-hydrogen) atoms. The Morgan fingerprint density at radius 1 is 1.00 bits per heavy atom. The molecule has 0 N–H and O–H groups in total. The van der Waals surface area contributed by atoms with E-state index < -0.39 is 240 Å². The summed E-state index contributed by atoms with van der Waals surface area (Å²) in [5, 5.41) is -2.28. The van der Waals surface area contributed by atoms with Gasteiger partial charge >= 0.3 is 6.18 Å². The van der Waals surface area contributed by atoms with Crippen LogP contribution in [-0.4, -0.2) is 59.5 Å². The van der Waals surface area contributed by atoms with E-state index in [2.05, 4.69) is 4.74 Å². The van der Waals surface area contributed by atoms with Crippen molar-refractivity contribution in [3.63, 3.8) is 0 Å². The normalized spacial score (nSPS) is 21.7. The highest BCUT2D eigenvalue weighted by Crippen LogP contribution is 2.34. The van der Waals surface area contributed by atoms with Crippen LogP contribution in [0.2, 0.25) is 0 Å². The second-order valence-electron chi connectivity index (χ2n) is 11.2. The first-order valence-electron chi connectivity index (χ1n) is 27.4. The van der Waals surface area contributed by atoms with E-state index in [0.717, 1.165) is 6.92 Å². The standard InChI is InChI=1S/C41H40F5N3O3S/c1-27-22-30(14-15-34(27)41(44,45)46)29-12-10-28(11-13-29)24-48(32-16-18-47(19-17-32)20-21-52-2)38(51)25-49-36-9-4-3-7-33(36)37(50)23-39(49)53-26-31-6-5-8-35(42)40(31)43/h3-15,22-23,32H,16-21,24-26H2,1-2H3/i2D3,3D,4D,5D,6D,7D,8D,9D,10D,11D,12D,13D,14D,15D,21D2,22D,23D,24D2,25D2. The lowest BCUT2D eigenvalue weighted by atomic mass is 9.98. The third-order valence-corrected chi connectivity index (χ3v) is 8.83. The number of ether oxygens (including phenoxy) is 1. The molecule has 0 unspecified atom stereocenters. The Kier molecular flexibility index (Phi) is 5.72. The minimum Gasteiger partial charge on any atom is -0.383 e. The van der Waals surface area contributed by atoms with Gasteiger partial charge in [0.25, 0.3) is 0 Å². The number of para-hydroxylation sites is 1. The summed E-state index contributed by atoms with van der Waals surface area (Å²) >= 11 is -0.0116. The number of alkyl halides is 3. The molecule has 0 bridgehead atoms. The summed E-state index contributed by atoms with van der Waals surface area (Å²) in [6, 6.07) is -21.2. The number of nitrogens with zero attached hydrogens (tertiary/aromatic N) is 3. The van der Waals surface area contributed by atoms with Crippen LogP contribution in [0, 0.1) is 18.6 Å². The number of aromatic nitrogens is 1. The summed E-state index contributed by atoms with van der Waals surface area (Å²) in [4.78, 5) is 30.9. The van der Waals surface area contributed by atoms with Gasteiger partial charge in [-0.25, -0.2) is 8.78 Å². The Balaban J connectivity index is 1.65. The molecule has 6 nitrogen and oxygen atoms in total. The topological polar surface area (TPSA) is 54.8 Å². The van der Waals surface area contributed by atoms with Crippen LogP contribution < -0.4 is 5.43 Å². The van der Waals surface area contributed by atoms with Crippen molar-refractivity contribution in [1.29, 1.82) is 0 Å². The second-order valence-corrected chi connectivity index (χ2v) is 12.2. The van der Waals surface area contributed by atoms with Crippen LogP contribution in [0.25, 0.3) is 22.0 Å². The number of hydrogen-bond acceptors (Lipinski definition) is 5. The molecular formula is C41H40F5N3O3S. The van der Waals surface area contributed by atoms with Crippen LogP contribution >= 0.6 is 11.8 Å². The lowest BCUT2D eigenvalue weighted by molar-refractivity contribution is -0.138. The van der Waals surface area contributed by atoms with Gasteiger partial charge in [-0.05, 0) is 66.2 Å². The first-order valence-corrected chi connectivity index (χ1v) is 16.3. The molecule has 0 spiro atoms. The summed E-state index contributed by atoms with van der Waals surface area (Å²) in [5.41, 5.74) is -9.98. The summed E-state index contributed by atoms with van der Waals surface area (Å²) < 4.78 is 282. The van der Waals surface area contributed by atoms with Gasteiger partial charge in [0.2, 0.25) is 5.91 Å². The Bertz CT molecular complexity index is 3260. The zero-order chi connectivity index (χ0) is 58.6. The number of amides is 1. The van der Waals surface area contributed by atoms with E-state index in [1.54, 1.807) is 0 Å². The van der Waals surface area contributed by atoms with Gasteiger partial charge in [-0.15, -0.1) is 11.8 Å². The molecule has 1 aromatic heterocycles. The molecule has 278 valence electrons. The number of carbonyl (C=O) groups excluding carboxylic acids is 1. The van der Waals surface area contributed by atoms with Crippen LogP contribution in [0.4, 0.5) is 22.0 Å². The molecule has 2 heterocycles. The molecule has 0 atom stereocenters. The highest BCUT2D eigenvalue weighted by Gasteiger charge is 2.32. The quantitative estimate of drug-likeness (QED) is 0.0939. The SMILES string of the molecule is [2H]c1c([2H])c(F)c(F)c(CSc2c([2H])c(=O)c3c([2H])c([2H])c([2H])c([2H])c3n2C([2H])([2H])C(=O)N(C2CCN(CC([2H])([2H])OC([2H])([2H])[2H])CC2)C([2H])([2H])c2c([2H])c([2H])c(-c3c([2H])c([2H])c(C(F)(F)F)c(C)c3[2H])c([2H])c2[2H])c1[2H]. The zero-order valence-corrected chi connectivity index (χ0v) is 28.0. The largest absolute Gasteiger partial charge is 0.416 e. The molecule has 6 rings (SSSR count). The number of methoxy groups -OCH3 is 1. The Hall–Kier alpha value is -4.52. The van der Waals surface area contributed by atoms with E-state index in [9.17, 15) is 27.8 Å². The molecular weight excluding hydrogens is 710 g/mol. The number of halogens is 5. The van der Waals surface area contributed by atoms with Crippen molar-refractivity contribution in [2.24, 2.45) is 0 Å². The Morgan fingerprint density at radius 3 is 2.47 bits per heavy atom. The minimum absolute atomic E-state index is 0.0116. The van der Waals surface area contributed by atoms with Gasteiger partial charge in [0.05, 0.1) is 55.6 Å². The number of benzene rings is 4. The summed E-state index contributed by atoms with van der Waals surface area (Å²) in [7, 11) is -3.24. The maximum Gasteiger partial charge on any atom is 0.416 e. The lowest BCUT2D eigenvalue weighted by Crippen LogP contribution is -2.48. The molecule has 1 aliphatic heterocycles. The van der Waals surface area contributed by atoms with Crippen molar-refractivity contribution < 1.29 is 64.4 Å². The molecule has 0 saturated carbocycles. The highest BCUT2D eigenvalue weighted by atomic mass is 32.2. The van der Waals surface area contributed by atoms with Gasteiger partial charge in [-0.2, -0.15) is 13.2 Å². The molecule has 12 heteroatoms. The highest BCUT2D eigenvalue weighted by molar-refractivity contribution is 7.98. The number of thioether (sulfide) groups is 1. The fourth-order valence-electron chi connectivity index (χ4n) is 5.24. The molecule has 4 aromatic carbocycles. The monoisotopic (exact) mass is 773 g/mol. The number of piperidine rings is 1. The van der Waals surface area contributed by atoms with Crippen LogP contribution in [0.5, 0.6) is 0 Å². The van der Waals surface area contributed by atoms with Crippen molar-refractivity contribution in [2.45, 2.75) is 55.8 Å². The zero-order valence-electron chi connectivity index (χ0n) is 51.2. The fraction of sp³-hybridized carbons (Fsp3) is 0.317. The molecule has 5 aromatic rings. The van der Waals surface area contributed by atoms with E-state index in [4.69, 9.17) is 27.4 Å². The van der Waals surface area contributed by atoms with Gasteiger partial charge in [0.15, 0.2) is 17.1 Å². The van der Waals surface area contributed by atoms with Gasteiger partial charge in [0, 0.05) is 62.0 Å². The number of carbonyl (C=O) groups is 1. The van der Waals surface area contributed by atoms with E-state index in [1.165, 1.54) is 4.90 Å². The van der Waals surface area contributed by atoms with Gasteiger partial charge < -0.3 is 19.1 Å². The Morgan fingerprint density at radius 2 is 1.74 bits per heavy atom. The number of hydrogen-bond donors (Lipinski definition) is 0. The fourth-order valence-corrected chi connectivity index (χ4v) is 6.16. The van der Waals surface area contributed by atoms with E-state index >= 15 is 9.18 Å². The summed E-state index contributed by atoms with van der Waals surface area (Å²) in [6.07, 6.45) is -6.40. The summed E-state index contributed by atoms with van der Waals surface area (Å²) in [6.45, 7) is -11.7. The van der Waals surface area contributed by atoms with Crippen LogP contribution in [0.15, 0.2) is 100 Å². The van der Waals surface area contributed by atoms with E-state index in [-0.39, 0.29) is 21.2 Å². The van der Waals surface area contributed by atoms with Gasteiger partial charge in [-0.1, -0.05) is 60.4 Å². The third kappa shape index (κ3) is 9.00. The minimum atomic E-state index is -5.29. The average molecular weight is 774 g/mol. The summed E-state index contributed by atoms with van der Waals surface area (Å²) in [5.74, 6) is -7.10. The van der Waals surface area contributed by atoms with E-state index in [0.29, 0.717) is 0 Å². The lowest BCUT2D eigenvalue weighted by Gasteiger charge is -2.39. The molecule has 0 radical (unpaired) electrons. The number of pyridine rings is 1. The maximum absolute atomic E-state index is 15.6. The van der Waals surface area contributed by atoms with Crippen molar-refractivity contribution in [3.05, 3.63) is 135 Å². The number of rotatable bonds is 12. The van der Waals surface area contributed by atoms with Crippen LogP contribution in [0.3, 0.4) is 0 Å². The maximum atomic E-state index is 15.6. The van der Waals surface area contributed by atoms with Crippen LogP contribution in [0.1, 0.15) is 68.0 Å². The molecule has 0 aliphatic carbocycles. The predicted octanol–water partition coefficient (Wildman–Crippen LogP) is 8.71. The van der Waals surface area contributed by atoms with E-state index in [1.807, 2.05) is 0 Å². The van der Waals surface area contributed by atoms with Crippen molar-refractivity contribution in [3.8, 4) is 11.1 Å². The average Bonchev–Trinajstić information content (AvgIpc) is 3.31. The molecule has 1 aliphatic rings. The first-order chi connectivity index (χ1) is 35.1. The number of likely N-dealkylation sites (tertiary alicyclic amines) is 1. The van der Waals surface area contributed by atoms with Gasteiger partial charge in [-0.3, -0.25) is 9.59 Å². The Labute approximate surface area is 342 Å². The third-order valence-electron chi connectivity index (χ3n) is 7.84. The van der Waals surface area contributed by atoms with Gasteiger partial charge in [0.1, 0.15) is 6.50 Å². The van der Waals surface area contributed by atoms with Crippen molar-refractivity contribution in [2.75, 3.05) is 33.2 Å². The number of fused-ring (bicyclic) bond motifs is 1. The molecule has 1 saturated heterocycles. The smallest absolute Gasteiger partial charge is 0.383 e. The van der Waals surface area contributed by atoms with Crippen LogP contribution in [-0.2, 0) is 34.5 Å². The van der Waals surface area contributed by atoms with Crippen molar-refractivity contribution >= 4 is 28.6 Å². The molecule has 1 fully saturated rings.